The summed E-state index contributed by atoms with van der Waals surface area (Å²) in [6.45, 7) is 6.65. The van der Waals surface area contributed by atoms with E-state index in [0.717, 1.165) is 28.7 Å². The van der Waals surface area contributed by atoms with E-state index in [1.54, 1.807) is 26.8 Å². The molecule has 63 heavy (non-hydrogen) atoms. The molecular weight excluding hydrogens is 795 g/mol. The summed E-state index contributed by atoms with van der Waals surface area (Å²) in [5, 5.41) is 14.5. The van der Waals surface area contributed by atoms with Crippen molar-refractivity contribution in [3.63, 3.8) is 0 Å². The number of nitrogens with one attached hydrogen (secondary N) is 1. The first kappa shape index (κ1) is 47.3. The Bertz CT molecular complexity index is 2030. The maximum absolute atomic E-state index is 13.2. The SMILES string of the molecule is CC(C)(C)OC(=O)N[C@@H](CO[C@H]1OC(COCc2ccccc2)[C@H](OCc2ccccc2)C(OCc2ccccc2)CC1OCc1ccccc1)[C@H](O)/C=C/CCc1ccccc1. The third-order valence-corrected chi connectivity index (χ3v) is 10.4. The number of rotatable bonds is 22. The van der Waals surface area contributed by atoms with Crippen molar-refractivity contribution in [3.05, 3.63) is 192 Å². The summed E-state index contributed by atoms with van der Waals surface area (Å²) in [6.07, 6.45) is 0.150. The van der Waals surface area contributed by atoms with Crippen molar-refractivity contribution in [2.75, 3.05) is 13.2 Å². The second kappa shape index (κ2) is 25.2. The first-order chi connectivity index (χ1) is 30.7. The number of amides is 1. The van der Waals surface area contributed by atoms with Gasteiger partial charge in [0.15, 0.2) is 6.29 Å². The van der Waals surface area contributed by atoms with E-state index in [1.165, 1.54) is 5.56 Å². The van der Waals surface area contributed by atoms with Crippen molar-refractivity contribution in [1.82, 2.24) is 5.32 Å². The zero-order valence-corrected chi connectivity index (χ0v) is 36.7. The molecule has 0 saturated carbocycles. The first-order valence-electron chi connectivity index (χ1n) is 21.9. The molecule has 1 heterocycles. The van der Waals surface area contributed by atoms with Gasteiger partial charge in [0.05, 0.1) is 57.9 Å². The second-order valence-electron chi connectivity index (χ2n) is 16.7. The normalized spacial score (nSPS) is 20.2. The van der Waals surface area contributed by atoms with Crippen LogP contribution < -0.4 is 5.32 Å². The van der Waals surface area contributed by atoms with E-state index >= 15 is 0 Å². The standard InChI is InChI=1S/C53H63NO9/c1-53(2,3)63-52(56)54-45(46(55)32-20-19-23-40-21-9-4-10-22-40)38-61-51-48(59-36-43-28-15-7-16-29-43)33-47(58-35-42-26-13-6-14-27-42)50(60-37-44-30-17-8-18-31-44)49(62-51)39-57-34-41-24-11-5-12-25-41/h4-18,20-22,24-32,45-51,55H,19,23,33-39H2,1-3H3,(H,54,56)/b32-20+/t45-,46+,47?,48?,49?,50+,51-/m0/s1. The average molecular weight is 858 g/mol. The lowest BCUT2D eigenvalue weighted by molar-refractivity contribution is -0.245. The maximum atomic E-state index is 13.2. The third kappa shape index (κ3) is 16.8. The maximum Gasteiger partial charge on any atom is 0.408 e. The predicted molar refractivity (Wildman–Crippen MR) is 243 cm³/mol. The van der Waals surface area contributed by atoms with Gasteiger partial charge in [0.1, 0.15) is 23.9 Å². The fourth-order valence-electron chi connectivity index (χ4n) is 7.19. The topological polar surface area (TPSA) is 114 Å². The highest BCUT2D eigenvalue weighted by Gasteiger charge is 2.44. The van der Waals surface area contributed by atoms with Gasteiger partial charge in [-0.15, -0.1) is 0 Å². The zero-order valence-electron chi connectivity index (χ0n) is 36.7. The number of aliphatic hydroxyl groups is 1. The molecule has 5 aromatic carbocycles. The molecule has 2 N–H and O–H groups in total. The summed E-state index contributed by atoms with van der Waals surface area (Å²) in [7, 11) is 0. The largest absolute Gasteiger partial charge is 0.444 e. The van der Waals surface area contributed by atoms with Crippen LogP contribution in [0.25, 0.3) is 0 Å². The van der Waals surface area contributed by atoms with E-state index in [-0.39, 0.29) is 19.8 Å². The lowest BCUT2D eigenvalue weighted by atomic mass is 10.0. The highest BCUT2D eigenvalue weighted by molar-refractivity contribution is 5.68. The summed E-state index contributed by atoms with van der Waals surface area (Å²) >= 11 is 0. The van der Waals surface area contributed by atoms with Gasteiger partial charge in [-0.1, -0.05) is 164 Å². The van der Waals surface area contributed by atoms with Gasteiger partial charge >= 0.3 is 6.09 Å². The van der Waals surface area contributed by atoms with Gasteiger partial charge in [-0.3, -0.25) is 0 Å². The number of hydrogen-bond acceptors (Lipinski definition) is 9. The lowest BCUT2D eigenvalue weighted by Gasteiger charge is -2.32. The molecule has 0 bridgehead atoms. The molecular formula is C53H63NO9. The number of carbonyl (C=O) groups is 1. The van der Waals surface area contributed by atoms with Crippen molar-refractivity contribution < 1.29 is 43.1 Å². The van der Waals surface area contributed by atoms with E-state index in [9.17, 15) is 9.90 Å². The van der Waals surface area contributed by atoms with Crippen molar-refractivity contribution >= 4 is 6.09 Å². The lowest BCUT2D eigenvalue weighted by Crippen LogP contribution is -2.49. The minimum absolute atomic E-state index is 0.137. The van der Waals surface area contributed by atoms with E-state index in [0.29, 0.717) is 32.7 Å². The Labute approximate surface area is 373 Å². The third-order valence-electron chi connectivity index (χ3n) is 10.4. The number of carbonyl (C=O) groups excluding carboxylic acids is 1. The highest BCUT2D eigenvalue weighted by atomic mass is 16.7. The molecule has 1 saturated heterocycles. The molecule has 3 unspecified atom stereocenters. The Kier molecular flexibility index (Phi) is 18.9. The number of aryl methyl sites for hydroxylation is 1. The smallest absolute Gasteiger partial charge is 0.408 e. The van der Waals surface area contributed by atoms with E-state index in [2.05, 4.69) is 17.4 Å². The summed E-state index contributed by atoms with van der Waals surface area (Å²) in [5.74, 6) is 0. The molecule has 0 aromatic heterocycles. The monoisotopic (exact) mass is 857 g/mol. The quantitative estimate of drug-likeness (QED) is 0.0658. The second-order valence-corrected chi connectivity index (χ2v) is 16.7. The van der Waals surface area contributed by atoms with Crippen LogP contribution in [0.5, 0.6) is 0 Å². The van der Waals surface area contributed by atoms with Gasteiger partial charge in [-0.2, -0.15) is 0 Å². The fraction of sp³-hybridized carbons (Fsp3) is 0.377. The van der Waals surface area contributed by atoms with Gasteiger partial charge in [-0.05, 0) is 61.4 Å². The molecule has 10 nitrogen and oxygen atoms in total. The molecule has 5 aromatic rings. The van der Waals surface area contributed by atoms with Crippen molar-refractivity contribution in [2.45, 2.75) is 115 Å². The van der Waals surface area contributed by atoms with E-state index < -0.39 is 54.5 Å². The fourth-order valence-corrected chi connectivity index (χ4v) is 7.19. The Morgan fingerprint density at radius 3 is 1.67 bits per heavy atom. The van der Waals surface area contributed by atoms with Crippen LogP contribution in [0.4, 0.5) is 4.79 Å². The molecule has 1 amide bonds. The van der Waals surface area contributed by atoms with Crippen LogP contribution in [0.15, 0.2) is 164 Å². The molecule has 1 aliphatic rings. The number of aliphatic hydroxyl groups excluding tert-OH is 1. The van der Waals surface area contributed by atoms with E-state index in [4.69, 9.17) is 33.2 Å². The molecule has 0 radical (unpaired) electrons. The van der Waals surface area contributed by atoms with Crippen molar-refractivity contribution in [2.24, 2.45) is 0 Å². The minimum atomic E-state index is -1.11. The van der Waals surface area contributed by atoms with Crippen LogP contribution in [0, 0.1) is 0 Å². The van der Waals surface area contributed by atoms with Gasteiger partial charge < -0.3 is 43.6 Å². The Morgan fingerprint density at radius 2 is 1.14 bits per heavy atom. The highest BCUT2D eigenvalue weighted by Crippen LogP contribution is 2.30. The number of benzene rings is 5. The average Bonchev–Trinajstić information content (AvgIpc) is 3.43. The first-order valence-corrected chi connectivity index (χ1v) is 21.9. The minimum Gasteiger partial charge on any atom is -0.444 e. The molecule has 1 fully saturated rings. The molecule has 0 spiro atoms. The van der Waals surface area contributed by atoms with Crippen LogP contribution in [0.1, 0.15) is 61.4 Å². The van der Waals surface area contributed by atoms with Gasteiger partial charge in [0.25, 0.3) is 0 Å². The number of hydrogen-bond donors (Lipinski definition) is 2. The van der Waals surface area contributed by atoms with Crippen LogP contribution in [0.2, 0.25) is 0 Å². The van der Waals surface area contributed by atoms with Gasteiger partial charge in [0, 0.05) is 6.42 Å². The van der Waals surface area contributed by atoms with Crippen LogP contribution >= 0.6 is 0 Å². The van der Waals surface area contributed by atoms with Crippen LogP contribution in [-0.4, -0.2) is 72.9 Å². The Morgan fingerprint density at radius 1 is 0.667 bits per heavy atom. The van der Waals surface area contributed by atoms with Crippen LogP contribution in [-0.2, 0) is 66.0 Å². The molecule has 334 valence electrons. The molecule has 7 atom stereocenters. The predicted octanol–water partition coefficient (Wildman–Crippen LogP) is 9.53. The van der Waals surface area contributed by atoms with Gasteiger partial charge in [-0.25, -0.2) is 4.79 Å². The number of ether oxygens (including phenoxy) is 7. The van der Waals surface area contributed by atoms with Crippen LogP contribution in [0.3, 0.4) is 0 Å². The zero-order chi connectivity index (χ0) is 44.1. The Hall–Kier alpha value is -5.17. The number of alkyl carbamates (subject to hydrolysis) is 1. The Balaban J connectivity index is 1.29. The number of allylic oxidation sites excluding steroid dienone is 1. The summed E-state index contributed by atoms with van der Waals surface area (Å²) in [4.78, 5) is 13.2. The summed E-state index contributed by atoms with van der Waals surface area (Å²) < 4.78 is 46.0. The van der Waals surface area contributed by atoms with Crippen molar-refractivity contribution in [3.8, 4) is 0 Å². The molecule has 6 rings (SSSR count). The summed E-state index contributed by atoms with van der Waals surface area (Å²) in [6, 6.07) is 49.1. The molecule has 10 heteroatoms. The molecule has 1 aliphatic heterocycles. The van der Waals surface area contributed by atoms with Gasteiger partial charge in [0.2, 0.25) is 0 Å². The van der Waals surface area contributed by atoms with Crippen molar-refractivity contribution in [1.29, 1.82) is 0 Å². The molecule has 0 aliphatic carbocycles. The van der Waals surface area contributed by atoms with E-state index in [1.807, 2.05) is 146 Å². The summed E-state index contributed by atoms with van der Waals surface area (Å²) in [5.41, 5.74) is 4.43.